The molecule has 4 aromatic carbocycles. The molecule has 0 N–H and O–H groups in total. The van der Waals surface area contributed by atoms with E-state index in [9.17, 15) is 9.59 Å². The molecule has 0 saturated carbocycles. The van der Waals surface area contributed by atoms with Crippen LogP contribution in [0.3, 0.4) is 0 Å². The Morgan fingerprint density at radius 3 is 1.56 bits per heavy atom. The van der Waals surface area contributed by atoms with E-state index in [0.717, 1.165) is 17.2 Å². The van der Waals surface area contributed by atoms with E-state index in [4.69, 9.17) is 23.7 Å². The number of fused-ring (bicyclic) bond motifs is 6. The Balaban J connectivity index is 1.76. The van der Waals surface area contributed by atoms with Crippen LogP contribution in [-0.4, -0.2) is 63.3 Å². The highest BCUT2D eigenvalue weighted by molar-refractivity contribution is 5.99. The molecule has 0 aliphatic carbocycles. The van der Waals surface area contributed by atoms with Crippen LogP contribution in [0.4, 0.5) is 0 Å². The summed E-state index contributed by atoms with van der Waals surface area (Å²) in [6.45, 7) is 1.09. The first kappa shape index (κ1) is 32.5. The number of ether oxygens (including phenoxy) is 5. The average molecular weight is 648 g/mol. The number of carbonyl (C=O) groups is 3. The fourth-order valence-electron chi connectivity index (χ4n) is 6.72. The molecule has 1 saturated heterocycles. The van der Waals surface area contributed by atoms with Crippen LogP contribution >= 0.6 is 0 Å². The normalized spacial score (nSPS) is 21.3. The second kappa shape index (κ2) is 15.0. The summed E-state index contributed by atoms with van der Waals surface area (Å²) >= 11 is 0. The second-order valence-electron chi connectivity index (χ2n) is 11.4. The van der Waals surface area contributed by atoms with Crippen molar-refractivity contribution in [2.24, 2.45) is 0 Å². The van der Waals surface area contributed by atoms with Crippen molar-refractivity contribution in [3.63, 3.8) is 0 Å². The molecule has 2 aliphatic heterocycles. The van der Waals surface area contributed by atoms with Gasteiger partial charge in [-0.25, -0.2) is 9.59 Å². The fraction of sp³-hybridized carbons (Fsp3) is 0.256. The maximum absolute atomic E-state index is 15.4. The Hall–Kier alpha value is -5.41. The maximum atomic E-state index is 15.4. The Kier molecular flexibility index (Phi) is 10.2. The zero-order chi connectivity index (χ0) is 33.5. The number of esters is 2. The van der Waals surface area contributed by atoms with Crippen LogP contribution in [0.1, 0.15) is 46.2 Å². The monoisotopic (exact) mass is 647 g/mol. The van der Waals surface area contributed by atoms with Crippen molar-refractivity contribution >= 4 is 17.7 Å². The molecule has 48 heavy (non-hydrogen) atoms. The van der Waals surface area contributed by atoms with Gasteiger partial charge in [-0.2, -0.15) is 0 Å². The third-order valence-corrected chi connectivity index (χ3v) is 8.74. The molecule has 2 heterocycles. The van der Waals surface area contributed by atoms with E-state index < -0.39 is 35.9 Å². The van der Waals surface area contributed by atoms with Crippen molar-refractivity contribution in [2.75, 3.05) is 40.6 Å². The number of carbonyl (C=O) groups excluding carboxylic acids is 3. The average Bonchev–Trinajstić information content (AvgIpc) is 3.13. The lowest BCUT2D eigenvalue weighted by Gasteiger charge is -2.51. The number of benzene rings is 4. The van der Waals surface area contributed by atoms with Crippen LogP contribution in [0, 0.1) is 0 Å². The molecule has 4 unspecified atom stereocenters. The molecule has 9 heteroatoms. The van der Waals surface area contributed by atoms with Crippen LogP contribution in [0.2, 0.25) is 0 Å². The number of hydrogen-bond acceptors (Lipinski definition) is 9. The smallest absolute Gasteiger partial charge is 0.354 e. The van der Waals surface area contributed by atoms with Gasteiger partial charge in [0.1, 0.15) is 30.4 Å². The van der Waals surface area contributed by atoms with Gasteiger partial charge < -0.3 is 28.6 Å². The number of hydrogen-bond donors (Lipinski definition) is 0. The van der Waals surface area contributed by atoms with Crippen molar-refractivity contribution in [3.8, 4) is 11.5 Å². The van der Waals surface area contributed by atoms with Gasteiger partial charge in [-0.3, -0.25) is 4.79 Å². The minimum absolute atomic E-state index is 0.0685. The summed E-state index contributed by atoms with van der Waals surface area (Å²) in [7, 11) is 2.50. The molecule has 4 aromatic rings. The summed E-state index contributed by atoms with van der Waals surface area (Å²) < 4.78 is 28.9. The van der Waals surface area contributed by atoms with Gasteiger partial charge in [0.25, 0.3) is 0 Å². The minimum Gasteiger partial charge on any atom is -0.491 e. The highest BCUT2D eigenvalue weighted by Gasteiger charge is 2.54. The van der Waals surface area contributed by atoms with Crippen molar-refractivity contribution in [1.29, 1.82) is 0 Å². The lowest BCUT2D eigenvalue weighted by atomic mass is 9.68. The SMILES string of the molecule is COC(=O)C=C(C(=O)OC)N1C2c3ccccc3OCCOCCOc3ccccc3C1C(c1ccccc1)C(=O)C2c1ccccc1. The first-order valence-corrected chi connectivity index (χ1v) is 15.8. The van der Waals surface area contributed by atoms with E-state index in [1.165, 1.54) is 14.2 Å². The largest absolute Gasteiger partial charge is 0.491 e. The Labute approximate surface area is 279 Å². The van der Waals surface area contributed by atoms with E-state index in [2.05, 4.69) is 0 Å². The highest BCUT2D eigenvalue weighted by Crippen LogP contribution is 2.57. The summed E-state index contributed by atoms with van der Waals surface area (Å²) in [4.78, 5) is 44.3. The lowest BCUT2D eigenvalue weighted by Crippen LogP contribution is -2.50. The molecule has 0 aromatic heterocycles. The van der Waals surface area contributed by atoms with Gasteiger partial charge in [0.15, 0.2) is 5.78 Å². The Bertz CT molecular complexity index is 1670. The van der Waals surface area contributed by atoms with Crippen LogP contribution in [0.15, 0.2) is 121 Å². The van der Waals surface area contributed by atoms with Crippen LogP contribution in [-0.2, 0) is 28.6 Å². The maximum Gasteiger partial charge on any atom is 0.354 e. The zero-order valence-electron chi connectivity index (χ0n) is 26.8. The zero-order valence-corrected chi connectivity index (χ0v) is 26.8. The number of methoxy groups -OCH3 is 2. The number of rotatable bonds is 5. The molecule has 246 valence electrons. The topological polar surface area (TPSA) is 101 Å². The van der Waals surface area contributed by atoms with E-state index in [-0.39, 0.29) is 24.7 Å². The third kappa shape index (κ3) is 6.55. The van der Waals surface area contributed by atoms with Crippen LogP contribution in [0.5, 0.6) is 11.5 Å². The Morgan fingerprint density at radius 2 is 1.10 bits per heavy atom. The van der Waals surface area contributed by atoms with Gasteiger partial charge in [-0.15, -0.1) is 0 Å². The lowest BCUT2D eigenvalue weighted by molar-refractivity contribution is -0.143. The summed E-state index contributed by atoms with van der Waals surface area (Å²) in [6, 6.07) is 32.1. The van der Waals surface area contributed by atoms with Crippen molar-refractivity contribution in [3.05, 3.63) is 143 Å². The second-order valence-corrected chi connectivity index (χ2v) is 11.4. The minimum atomic E-state index is -0.854. The number of para-hydroxylation sites is 2. The van der Waals surface area contributed by atoms with E-state index in [0.29, 0.717) is 35.8 Å². The summed E-state index contributed by atoms with van der Waals surface area (Å²) in [5.74, 6) is -2.19. The molecular formula is C39H37NO8. The molecule has 0 spiro atoms. The molecule has 0 radical (unpaired) electrons. The van der Waals surface area contributed by atoms with Crippen LogP contribution < -0.4 is 9.47 Å². The molecule has 6 rings (SSSR count). The molecule has 0 amide bonds. The molecule has 4 atom stereocenters. The first-order chi connectivity index (χ1) is 23.5. The summed E-state index contributed by atoms with van der Waals surface area (Å²) in [5, 5.41) is 0. The van der Waals surface area contributed by atoms with Gasteiger partial charge >= 0.3 is 11.9 Å². The first-order valence-electron chi connectivity index (χ1n) is 15.8. The number of ketones is 1. The molecular weight excluding hydrogens is 610 g/mol. The quantitative estimate of drug-likeness (QED) is 0.193. The Morgan fingerprint density at radius 1 is 0.646 bits per heavy atom. The van der Waals surface area contributed by atoms with Gasteiger partial charge in [-0.05, 0) is 23.3 Å². The number of Topliss-reactive ketones (excluding diaryl/α,β-unsaturated/α-hetero) is 1. The van der Waals surface area contributed by atoms with E-state index >= 15 is 4.79 Å². The summed E-state index contributed by atoms with van der Waals surface area (Å²) in [5.41, 5.74) is 2.69. The number of piperidine rings is 1. The molecule has 9 nitrogen and oxygen atoms in total. The third-order valence-electron chi connectivity index (χ3n) is 8.74. The predicted molar refractivity (Wildman–Crippen MR) is 178 cm³/mol. The predicted octanol–water partition coefficient (Wildman–Crippen LogP) is 5.94. The fourth-order valence-corrected chi connectivity index (χ4v) is 6.72. The van der Waals surface area contributed by atoms with Gasteiger partial charge in [0.05, 0.1) is 57.4 Å². The van der Waals surface area contributed by atoms with E-state index in [1.54, 1.807) is 0 Å². The molecule has 1 fully saturated rings. The van der Waals surface area contributed by atoms with Crippen molar-refractivity contribution < 1.29 is 38.1 Å². The van der Waals surface area contributed by atoms with Gasteiger partial charge in [0, 0.05) is 11.1 Å². The van der Waals surface area contributed by atoms with Crippen molar-refractivity contribution in [1.82, 2.24) is 4.90 Å². The summed E-state index contributed by atoms with van der Waals surface area (Å²) in [6.07, 6.45) is 1.13. The van der Waals surface area contributed by atoms with Crippen molar-refractivity contribution in [2.45, 2.75) is 23.9 Å². The standard InChI is InChI=1S/C39H37NO8/c1-44-33(41)25-30(39(43)45-2)40-36-28-17-9-11-19-31(28)47-23-21-46-22-24-48-32-20-12-10-18-29(32)37(40)35(27-15-7-4-8-16-27)38(42)34(36)26-13-5-3-6-14-26/h3-20,25,34-37H,21-24H2,1-2H3. The molecule has 2 bridgehead atoms. The molecule has 2 aliphatic rings. The van der Waals surface area contributed by atoms with E-state index in [1.807, 2.05) is 114 Å². The van der Waals surface area contributed by atoms with Gasteiger partial charge in [0.2, 0.25) is 0 Å². The number of nitrogens with zero attached hydrogens (tertiary/aromatic N) is 1. The highest BCUT2D eigenvalue weighted by atomic mass is 16.5. The van der Waals surface area contributed by atoms with Gasteiger partial charge in [-0.1, -0.05) is 97.1 Å². The van der Waals surface area contributed by atoms with Crippen LogP contribution in [0.25, 0.3) is 0 Å².